The SMILES string of the molecule is CCNC(=O)C(C)NC(=O)CC(C)(C)N. The van der Waals surface area contributed by atoms with Gasteiger partial charge in [-0.05, 0) is 27.7 Å². The van der Waals surface area contributed by atoms with Crippen molar-refractivity contribution in [3.63, 3.8) is 0 Å². The zero-order valence-corrected chi connectivity index (χ0v) is 9.89. The summed E-state index contributed by atoms with van der Waals surface area (Å²) in [5.74, 6) is -0.387. The molecular formula is C10H21N3O2. The normalized spacial score (nSPS) is 13.1. The predicted molar refractivity (Wildman–Crippen MR) is 59.2 cm³/mol. The number of carbonyl (C=O) groups excluding carboxylic acids is 2. The van der Waals surface area contributed by atoms with Crippen LogP contribution in [0.1, 0.15) is 34.1 Å². The van der Waals surface area contributed by atoms with E-state index in [1.165, 1.54) is 0 Å². The Morgan fingerprint density at radius 2 is 1.93 bits per heavy atom. The first-order chi connectivity index (χ1) is 6.76. The topological polar surface area (TPSA) is 84.2 Å². The van der Waals surface area contributed by atoms with Gasteiger partial charge in [-0.2, -0.15) is 0 Å². The van der Waals surface area contributed by atoms with Crippen molar-refractivity contribution in [2.45, 2.75) is 45.7 Å². The summed E-state index contributed by atoms with van der Waals surface area (Å²) in [6.45, 7) is 7.57. The molecule has 1 unspecified atom stereocenters. The predicted octanol–water partition coefficient (Wildman–Crippen LogP) is -0.245. The molecule has 2 amide bonds. The molecule has 0 aliphatic carbocycles. The van der Waals surface area contributed by atoms with Crippen LogP contribution in [0.25, 0.3) is 0 Å². The quantitative estimate of drug-likeness (QED) is 0.591. The largest absolute Gasteiger partial charge is 0.355 e. The lowest BCUT2D eigenvalue weighted by Crippen LogP contribution is -2.47. The van der Waals surface area contributed by atoms with E-state index in [2.05, 4.69) is 10.6 Å². The van der Waals surface area contributed by atoms with E-state index in [1.807, 2.05) is 6.92 Å². The van der Waals surface area contributed by atoms with E-state index in [9.17, 15) is 9.59 Å². The van der Waals surface area contributed by atoms with Crippen LogP contribution in [0.4, 0.5) is 0 Å². The zero-order valence-electron chi connectivity index (χ0n) is 9.89. The van der Waals surface area contributed by atoms with Crippen LogP contribution in [-0.4, -0.2) is 29.9 Å². The van der Waals surface area contributed by atoms with Gasteiger partial charge >= 0.3 is 0 Å². The van der Waals surface area contributed by atoms with Gasteiger partial charge < -0.3 is 16.4 Å². The summed E-state index contributed by atoms with van der Waals surface area (Å²) in [5.41, 5.74) is 5.13. The summed E-state index contributed by atoms with van der Waals surface area (Å²) >= 11 is 0. The van der Waals surface area contributed by atoms with Gasteiger partial charge in [0, 0.05) is 18.5 Å². The van der Waals surface area contributed by atoms with Gasteiger partial charge in [0.25, 0.3) is 0 Å². The molecule has 0 fully saturated rings. The summed E-state index contributed by atoms with van der Waals surface area (Å²) in [4.78, 5) is 22.7. The van der Waals surface area contributed by atoms with Crippen LogP contribution in [0.3, 0.4) is 0 Å². The van der Waals surface area contributed by atoms with E-state index >= 15 is 0 Å². The molecule has 0 spiro atoms. The second kappa shape index (κ2) is 5.70. The van der Waals surface area contributed by atoms with Gasteiger partial charge in [0.2, 0.25) is 11.8 Å². The smallest absolute Gasteiger partial charge is 0.242 e. The fourth-order valence-corrected chi connectivity index (χ4v) is 1.10. The number of amides is 2. The number of likely N-dealkylation sites (N-methyl/N-ethyl adjacent to an activating group) is 1. The zero-order chi connectivity index (χ0) is 12.1. The Morgan fingerprint density at radius 3 is 2.33 bits per heavy atom. The van der Waals surface area contributed by atoms with Gasteiger partial charge in [0.05, 0.1) is 0 Å². The highest BCUT2D eigenvalue weighted by molar-refractivity contribution is 5.87. The molecule has 5 nitrogen and oxygen atoms in total. The van der Waals surface area contributed by atoms with E-state index in [1.54, 1.807) is 20.8 Å². The molecule has 5 heteroatoms. The molecule has 0 saturated carbocycles. The molecule has 0 aromatic rings. The van der Waals surface area contributed by atoms with Gasteiger partial charge in [0.15, 0.2) is 0 Å². The summed E-state index contributed by atoms with van der Waals surface area (Å²) in [7, 11) is 0. The highest BCUT2D eigenvalue weighted by Crippen LogP contribution is 2.02. The van der Waals surface area contributed by atoms with Crippen molar-refractivity contribution < 1.29 is 9.59 Å². The maximum atomic E-state index is 11.4. The van der Waals surface area contributed by atoms with Crippen molar-refractivity contribution in [1.29, 1.82) is 0 Å². The first-order valence-electron chi connectivity index (χ1n) is 5.12. The monoisotopic (exact) mass is 215 g/mol. The average Bonchev–Trinajstić information content (AvgIpc) is 2.00. The summed E-state index contributed by atoms with van der Waals surface area (Å²) < 4.78 is 0. The second-order valence-corrected chi connectivity index (χ2v) is 4.35. The van der Waals surface area contributed by atoms with E-state index in [0.717, 1.165) is 0 Å². The second-order valence-electron chi connectivity index (χ2n) is 4.35. The van der Waals surface area contributed by atoms with Crippen LogP contribution in [0.15, 0.2) is 0 Å². The first kappa shape index (κ1) is 13.9. The minimum Gasteiger partial charge on any atom is -0.355 e. The first-order valence-corrected chi connectivity index (χ1v) is 5.12. The number of nitrogens with two attached hydrogens (primary N) is 1. The van der Waals surface area contributed by atoms with E-state index < -0.39 is 11.6 Å². The van der Waals surface area contributed by atoms with Crippen molar-refractivity contribution in [1.82, 2.24) is 10.6 Å². The number of nitrogens with one attached hydrogen (secondary N) is 2. The van der Waals surface area contributed by atoms with E-state index in [4.69, 9.17) is 5.73 Å². The maximum absolute atomic E-state index is 11.4. The third-order valence-corrected chi connectivity index (χ3v) is 1.74. The Morgan fingerprint density at radius 1 is 1.40 bits per heavy atom. The molecule has 0 aliphatic heterocycles. The molecule has 0 rings (SSSR count). The highest BCUT2D eigenvalue weighted by atomic mass is 16.2. The van der Waals surface area contributed by atoms with Crippen LogP contribution in [0.5, 0.6) is 0 Å². The molecule has 88 valence electrons. The average molecular weight is 215 g/mol. The Hall–Kier alpha value is -1.10. The molecule has 1 atom stereocenters. The molecule has 0 aliphatic rings. The minimum atomic E-state index is -0.551. The van der Waals surface area contributed by atoms with E-state index in [0.29, 0.717) is 6.54 Å². The maximum Gasteiger partial charge on any atom is 0.242 e. The fraction of sp³-hybridized carbons (Fsp3) is 0.800. The third kappa shape index (κ3) is 6.90. The Labute approximate surface area is 90.8 Å². The fourth-order valence-electron chi connectivity index (χ4n) is 1.10. The van der Waals surface area contributed by atoms with Crippen molar-refractivity contribution in [3.05, 3.63) is 0 Å². The van der Waals surface area contributed by atoms with Crippen molar-refractivity contribution in [2.75, 3.05) is 6.54 Å². The van der Waals surface area contributed by atoms with Crippen molar-refractivity contribution in [3.8, 4) is 0 Å². The molecule has 0 heterocycles. The molecule has 0 radical (unpaired) electrons. The van der Waals surface area contributed by atoms with Crippen LogP contribution >= 0.6 is 0 Å². The Balaban J connectivity index is 4.02. The highest BCUT2D eigenvalue weighted by Gasteiger charge is 2.20. The molecule has 4 N–H and O–H groups in total. The number of carbonyl (C=O) groups is 2. The molecular weight excluding hydrogens is 194 g/mol. The van der Waals surface area contributed by atoms with Gasteiger partial charge in [-0.3, -0.25) is 9.59 Å². The van der Waals surface area contributed by atoms with Gasteiger partial charge in [-0.15, -0.1) is 0 Å². The molecule has 0 saturated heterocycles. The van der Waals surface area contributed by atoms with Gasteiger partial charge in [0.1, 0.15) is 6.04 Å². The summed E-state index contributed by atoms with van der Waals surface area (Å²) in [5, 5.41) is 5.22. The molecule has 0 aromatic heterocycles. The number of rotatable bonds is 5. The van der Waals surface area contributed by atoms with Crippen LogP contribution in [0, 0.1) is 0 Å². The van der Waals surface area contributed by atoms with Gasteiger partial charge in [-0.1, -0.05) is 0 Å². The Kier molecular flexibility index (Phi) is 5.28. The lowest BCUT2D eigenvalue weighted by molar-refractivity contribution is -0.129. The van der Waals surface area contributed by atoms with Crippen molar-refractivity contribution in [2.24, 2.45) is 5.73 Å². The lowest BCUT2D eigenvalue weighted by Gasteiger charge is -2.19. The number of hydrogen-bond donors (Lipinski definition) is 3. The Bertz CT molecular complexity index is 233. The standard InChI is InChI=1S/C10H21N3O2/c1-5-12-9(15)7(2)13-8(14)6-10(3,4)11/h7H,5-6,11H2,1-4H3,(H,12,15)(H,13,14). The summed E-state index contributed by atoms with van der Waals surface area (Å²) in [6, 6.07) is -0.514. The molecule has 0 aromatic carbocycles. The minimum absolute atomic E-state index is 0.180. The lowest BCUT2D eigenvalue weighted by atomic mass is 10.0. The van der Waals surface area contributed by atoms with Gasteiger partial charge in [-0.25, -0.2) is 0 Å². The van der Waals surface area contributed by atoms with Crippen LogP contribution in [0.2, 0.25) is 0 Å². The van der Waals surface area contributed by atoms with E-state index in [-0.39, 0.29) is 18.2 Å². The van der Waals surface area contributed by atoms with Crippen LogP contribution < -0.4 is 16.4 Å². The molecule has 0 bridgehead atoms. The van der Waals surface area contributed by atoms with Crippen molar-refractivity contribution >= 4 is 11.8 Å². The molecule has 15 heavy (non-hydrogen) atoms. The number of hydrogen-bond acceptors (Lipinski definition) is 3. The van der Waals surface area contributed by atoms with Crippen LogP contribution in [-0.2, 0) is 9.59 Å². The summed E-state index contributed by atoms with van der Waals surface area (Å²) in [6.07, 6.45) is 0.205. The third-order valence-electron chi connectivity index (χ3n) is 1.74.